The van der Waals surface area contributed by atoms with Crippen molar-refractivity contribution < 1.29 is 4.79 Å². The average molecular weight is 183 g/mol. The predicted octanol–water partition coefficient (Wildman–Crippen LogP) is -0.702. The lowest BCUT2D eigenvalue weighted by Crippen LogP contribution is -2.73. The van der Waals surface area contributed by atoms with Gasteiger partial charge in [0.2, 0.25) is 5.91 Å². The van der Waals surface area contributed by atoms with E-state index in [4.69, 9.17) is 5.73 Å². The van der Waals surface area contributed by atoms with Gasteiger partial charge in [-0.1, -0.05) is 0 Å². The maximum Gasteiger partial charge on any atom is 0.231 e. The molecule has 4 nitrogen and oxygen atoms in total. The minimum Gasteiger partial charge on any atom is -0.369 e. The summed E-state index contributed by atoms with van der Waals surface area (Å²) in [4.78, 5) is 12.9. The van der Waals surface area contributed by atoms with Crippen molar-refractivity contribution in [3.8, 4) is 0 Å². The third kappa shape index (κ3) is 1.34. The van der Waals surface area contributed by atoms with Gasteiger partial charge in [0.15, 0.2) is 0 Å². The van der Waals surface area contributed by atoms with Gasteiger partial charge in [-0.3, -0.25) is 9.69 Å². The van der Waals surface area contributed by atoms with Gasteiger partial charge in [-0.05, 0) is 26.3 Å². The number of nitrogens with one attached hydrogen (secondary N) is 1. The van der Waals surface area contributed by atoms with Crippen molar-refractivity contribution in [3.63, 3.8) is 0 Å². The third-order valence-electron chi connectivity index (χ3n) is 3.47. The Kier molecular flexibility index (Phi) is 2.04. The third-order valence-corrected chi connectivity index (χ3v) is 3.47. The van der Waals surface area contributed by atoms with Crippen LogP contribution < -0.4 is 11.1 Å². The van der Waals surface area contributed by atoms with Crippen molar-refractivity contribution >= 4 is 5.91 Å². The molecule has 0 aromatic carbocycles. The fourth-order valence-corrected chi connectivity index (χ4v) is 2.58. The summed E-state index contributed by atoms with van der Waals surface area (Å²) in [6.07, 6.45) is 2.50. The summed E-state index contributed by atoms with van der Waals surface area (Å²) in [6.45, 7) is 4.68. The Morgan fingerprint density at radius 3 is 3.00 bits per heavy atom. The highest BCUT2D eigenvalue weighted by molar-refractivity contribution is 5.76. The second kappa shape index (κ2) is 2.96. The Bertz CT molecular complexity index is 223. The molecule has 74 valence electrons. The van der Waals surface area contributed by atoms with Gasteiger partial charge in [-0.25, -0.2) is 0 Å². The molecule has 2 atom stereocenters. The lowest BCUT2D eigenvalue weighted by molar-refractivity contribution is -0.123. The Labute approximate surface area is 78.5 Å². The fraction of sp³-hybridized carbons (Fsp3) is 0.889. The number of likely N-dealkylation sites (tertiary alicyclic amines) is 1. The summed E-state index contributed by atoms with van der Waals surface area (Å²) in [7, 11) is 0. The number of rotatable bonds is 2. The molecule has 0 aromatic rings. The van der Waals surface area contributed by atoms with E-state index in [9.17, 15) is 4.79 Å². The molecule has 2 rings (SSSR count). The topological polar surface area (TPSA) is 58.4 Å². The zero-order chi connectivity index (χ0) is 9.47. The van der Waals surface area contributed by atoms with Gasteiger partial charge in [-0.2, -0.15) is 0 Å². The largest absolute Gasteiger partial charge is 0.369 e. The summed E-state index contributed by atoms with van der Waals surface area (Å²) in [6, 6.07) is 0.461. The van der Waals surface area contributed by atoms with Gasteiger partial charge in [0.1, 0.15) is 0 Å². The molecule has 2 unspecified atom stereocenters. The number of carbonyl (C=O) groups is 1. The first-order valence-electron chi connectivity index (χ1n) is 4.91. The average Bonchev–Trinajstić information content (AvgIpc) is 2.53. The van der Waals surface area contributed by atoms with Crippen LogP contribution in [0.25, 0.3) is 0 Å². The normalized spacial score (nSPS) is 39.3. The van der Waals surface area contributed by atoms with Crippen LogP contribution in [-0.4, -0.2) is 42.0 Å². The van der Waals surface area contributed by atoms with Crippen LogP contribution in [0.5, 0.6) is 0 Å². The van der Waals surface area contributed by atoms with Crippen LogP contribution in [-0.2, 0) is 4.79 Å². The second-order valence-corrected chi connectivity index (χ2v) is 4.23. The van der Waals surface area contributed by atoms with Crippen LogP contribution >= 0.6 is 0 Å². The van der Waals surface area contributed by atoms with Crippen LogP contribution in [0.2, 0.25) is 0 Å². The number of amides is 1. The SMILES string of the molecule is CC1N(CC(N)=O)CC12CCCN2. The van der Waals surface area contributed by atoms with Crippen LogP contribution in [0, 0.1) is 0 Å². The van der Waals surface area contributed by atoms with Gasteiger partial charge in [0.05, 0.1) is 6.54 Å². The fourth-order valence-electron chi connectivity index (χ4n) is 2.58. The maximum absolute atomic E-state index is 10.7. The smallest absolute Gasteiger partial charge is 0.231 e. The first-order chi connectivity index (χ1) is 6.14. The van der Waals surface area contributed by atoms with Gasteiger partial charge in [-0.15, -0.1) is 0 Å². The standard InChI is InChI=1S/C9H17N3O/c1-7-9(3-2-4-11-9)6-12(7)5-8(10)13/h7,11H,2-6H2,1H3,(H2,10,13). The van der Waals surface area contributed by atoms with Gasteiger partial charge < -0.3 is 11.1 Å². The molecule has 0 saturated carbocycles. The monoisotopic (exact) mass is 183 g/mol. The summed E-state index contributed by atoms with van der Waals surface area (Å²) < 4.78 is 0. The van der Waals surface area contributed by atoms with Crippen LogP contribution in [0.3, 0.4) is 0 Å². The minimum atomic E-state index is -0.223. The molecule has 2 fully saturated rings. The van der Waals surface area contributed by atoms with E-state index in [1.54, 1.807) is 0 Å². The molecule has 0 radical (unpaired) electrons. The van der Waals surface area contributed by atoms with Crippen LogP contribution in [0.1, 0.15) is 19.8 Å². The molecule has 1 amide bonds. The second-order valence-electron chi connectivity index (χ2n) is 4.23. The zero-order valence-electron chi connectivity index (χ0n) is 8.05. The lowest BCUT2D eigenvalue weighted by atomic mass is 9.79. The van der Waals surface area contributed by atoms with E-state index in [-0.39, 0.29) is 5.91 Å². The molecule has 0 aliphatic carbocycles. The molecule has 2 aliphatic heterocycles. The number of hydrogen-bond donors (Lipinski definition) is 2. The quantitative estimate of drug-likeness (QED) is 0.595. The van der Waals surface area contributed by atoms with Crippen molar-refractivity contribution in [3.05, 3.63) is 0 Å². The molecule has 4 heteroatoms. The van der Waals surface area contributed by atoms with E-state index in [1.165, 1.54) is 12.8 Å². The van der Waals surface area contributed by atoms with E-state index < -0.39 is 0 Å². The Morgan fingerprint density at radius 2 is 2.54 bits per heavy atom. The maximum atomic E-state index is 10.7. The molecule has 13 heavy (non-hydrogen) atoms. The minimum absolute atomic E-state index is 0.223. The van der Waals surface area contributed by atoms with E-state index in [0.717, 1.165) is 13.1 Å². The van der Waals surface area contributed by atoms with Gasteiger partial charge in [0.25, 0.3) is 0 Å². The van der Waals surface area contributed by atoms with E-state index in [2.05, 4.69) is 17.1 Å². The highest BCUT2D eigenvalue weighted by atomic mass is 16.1. The van der Waals surface area contributed by atoms with E-state index in [0.29, 0.717) is 18.1 Å². The van der Waals surface area contributed by atoms with Gasteiger partial charge >= 0.3 is 0 Å². The van der Waals surface area contributed by atoms with Crippen molar-refractivity contribution in [1.82, 2.24) is 10.2 Å². The van der Waals surface area contributed by atoms with Crippen molar-refractivity contribution in [2.24, 2.45) is 5.73 Å². The molecule has 0 bridgehead atoms. The number of nitrogens with zero attached hydrogens (tertiary/aromatic N) is 1. The Morgan fingerprint density at radius 1 is 1.77 bits per heavy atom. The molecule has 2 heterocycles. The molecule has 0 aromatic heterocycles. The predicted molar refractivity (Wildman–Crippen MR) is 50.2 cm³/mol. The highest BCUT2D eigenvalue weighted by Gasteiger charge is 2.51. The summed E-state index contributed by atoms with van der Waals surface area (Å²) >= 11 is 0. The summed E-state index contributed by atoms with van der Waals surface area (Å²) in [5.74, 6) is -0.223. The highest BCUT2D eigenvalue weighted by Crippen LogP contribution is 2.35. The molecule has 2 saturated heterocycles. The number of carbonyl (C=O) groups excluding carboxylic acids is 1. The van der Waals surface area contributed by atoms with Crippen LogP contribution in [0.4, 0.5) is 0 Å². The Hall–Kier alpha value is -0.610. The summed E-state index contributed by atoms with van der Waals surface area (Å²) in [5, 5.41) is 3.53. The van der Waals surface area contributed by atoms with Crippen molar-refractivity contribution in [1.29, 1.82) is 0 Å². The molecular formula is C9H17N3O. The number of nitrogens with two attached hydrogens (primary N) is 1. The van der Waals surface area contributed by atoms with E-state index >= 15 is 0 Å². The summed E-state index contributed by atoms with van der Waals surface area (Å²) in [5.41, 5.74) is 5.45. The molecule has 2 aliphatic rings. The molecule has 1 spiro atoms. The molecule has 3 N–H and O–H groups in total. The van der Waals surface area contributed by atoms with Gasteiger partial charge in [0, 0.05) is 18.1 Å². The first-order valence-corrected chi connectivity index (χ1v) is 4.91. The zero-order valence-corrected chi connectivity index (χ0v) is 8.05. The lowest BCUT2D eigenvalue weighted by Gasteiger charge is -2.54. The first kappa shape index (κ1) is 8.97. The van der Waals surface area contributed by atoms with Crippen LogP contribution in [0.15, 0.2) is 0 Å². The van der Waals surface area contributed by atoms with Crippen molar-refractivity contribution in [2.45, 2.75) is 31.3 Å². The number of hydrogen-bond acceptors (Lipinski definition) is 3. The Balaban J connectivity index is 1.91. The van der Waals surface area contributed by atoms with Crippen molar-refractivity contribution in [2.75, 3.05) is 19.6 Å². The number of primary amides is 1. The van der Waals surface area contributed by atoms with E-state index in [1.807, 2.05) is 0 Å². The molecular weight excluding hydrogens is 166 g/mol.